The Morgan fingerprint density at radius 2 is 1.95 bits per heavy atom. The predicted octanol–water partition coefficient (Wildman–Crippen LogP) is -0.327. The van der Waals surface area contributed by atoms with Gasteiger partial charge in [-0.15, -0.1) is 0 Å². The SMILES string of the molecule is COCCNC(=O)NC(=O)CN(C)C1CC2CCC(C1)N2. The van der Waals surface area contributed by atoms with Crippen LogP contribution in [-0.2, 0) is 9.53 Å². The van der Waals surface area contributed by atoms with Crippen molar-refractivity contribution < 1.29 is 14.3 Å². The first kappa shape index (κ1) is 16.2. The molecule has 2 fully saturated rings. The molecule has 2 atom stereocenters. The Hall–Kier alpha value is -1.18. The van der Waals surface area contributed by atoms with Gasteiger partial charge in [0.05, 0.1) is 13.2 Å². The van der Waals surface area contributed by atoms with Crippen LogP contribution in [-0.4, -0.2) is 68.8 Å². The highest BCUT2D eigenvalue weighted by Crippen LogP contribution is 2.28. The molecular formula is C14H26N4O3. The van der Waals surface area contributed by atoms with Gasteiger partial charge < -0.3 is 15.4 Å². The minimum absolute atomic E-state index is 0.252. The number of nitrogens with one attached hydrogen (secondary N) is 3. The summed E-state index contributed by atoms with van der Waals surface area (Å²) < 4.78 is 4.83. The smallest absolute Gasteiger partial charge is 0.321 e. The summed E-state index contributed by atoms with van der Waals surface area (Å²) in [5.41, 5.74) is 0. The van der Waals surface area contributed by atoms with Crippen molar-refractivity contribution in [2.45, 2.75) is 43.8 Å². The summed E-state index contributed by atoms with van der Waals surface area (Å²) in [5.74, 6) is -0.265. The largest absolute Gasteiger partial charge is 0.383 e. The van der Waals surface area contributed by atoms with E-state index < -0.39 is 6.03 Å². The van der Waals surface area contributed by atoms with E-state index >= 15 is 0 Å². The van der Waals surface area contributed by atoms with Crippen molar-refractivity contribution in [2.24, 2.45) is 0 Å². The van der Waals surface area contributed by atoms with Gasteiger partial charge in [-0.1, -0.05) is 0 Å². The van der Waals surface area contributed by atoms with E-state index in [1.54, 1.807) is 7.11 Å². The maximum atomic E-state index is 11.9. The molecule has 3 amide bonds. The first-order valence-electron chi connectivity index (χ1n) is 7.61. The number of hydrogen-bond acceptors (Lipinski definition) is 5. The monoisotopic (exact) mass is 298 g/mol. The van der Waals surface area contributed by atoms with Crippen LogP contribution < -0.4 is 16.0 Å². The zero-order valence-electron chi connectivity index (χ0n) is 12.9. The number of carbonyl (C=O) groups is 2. The fourth-order valence-corrected chi connectivity index (χ4v) is 3.22. The van der Waals surface area contributed by atoms with E-state index in [9.17, 15) is 9.59 Å². The molecule has 3 N–H and O–H groups in total. The Labute approximate surface area is 125 Å². The minimum atomic E-state index is -0.462. The van der Waals surface area contributed by atoms with Gasteiger partial charge in [-0.25, -0.2) is 4.79 Å². The van der Waals surface area contributed by atoms with Crippen molar-refractivity contribution in [3.63, 3.8) is 0 Å². The quantitative estimate of drug-likeness (QED) is 0.585. The Bertz CT molecular complexity index is 365. The van der Waals surface area contributed by atoms with Gasteiger partial charge in [0.15, 0.2) is 0 Å². The average molecular weight is 298 g/mol. The van der Waals surface area contributed by atoms with Crippen LogP contribution in [0.1, 0.15) is 25.7 Å². The van der Waals surface area contributed by atoms with E-state index in [0.29, 0.717) is 31.3 Å². The normalized spacial score (nSPS) is 27.7. The third-order valence-corrected chi connectivity index (χ3v) is 4.31. The molecule has 0 aromatic heterocycles. The standard InChI is InChI=1S/C14H26N4O3/c1-18(12-7-10-3-4-11(8-12)16-10)9-13(19)17-14(20)15-5-6-21-2/h10-12,16H,3-9H2,1-2H3,(H2,15,17,19,20). The average Bonchev–Trinajstić information content (AvgIpc) is 2.77. The molecule has 120 valence electrons. The topological polar surface area (TPSA) is 82.7 Å². The van der Waals surface area contributed by atoms with Gasteiger partial charge in [0.1, 0.15) is 0 Å². The molecule has 0 spiro atoms. The molecule has 0 aromatic carbocycles. The zero-order chi connectivity index (χ0) is 15.2. The lowest BCUT2D eigenvalue weighted by molar-refractivity contribution is -0.121. The number of likely N-dealkylation sites (N-methyl/N-ethyl adjacent to an activating group) is 1. The van der Waals surface area contributed by atoms with Crippen LogP contribution in [0.4, 0.5) is 4.79 Å². The summed E-state index contributed by atoms with van der Waals surface area (Å²) in [6.45, 7) is 1.07. The molecule has 2 aliphatic heterocycles. The minimum Gasteiger partial charge on any atom is -0.383 e. The van der Waals surface area contributed by atoms with Gasteiger partial charge in [0.25, 0.3) is 0 Å². The van der Waals surface area contributed by atoms with Gasteiger partial charge in [-0.05, 0) is 32.7 Å². The Balaban J connectivity index is 1.68. The van der Waals surface area contributed by atoms with Crippen molar-refractivity contribution in [3.8, 4) is 0 Å². The van der Waals surface area contributed by atoms with Gasteiger partial charge in [0, 0.05) is 31.8 Å². The van der Waals surface area contributed by atoms with Crippen LogP contribution >= 0.6 is 0 Å². The number of urea groups is 1. The Morgan fingerprint density at radius 1 is 1.29 bits per heavy atom. The predicted molar refractivity (Wildman–Crippen MR) is 79.0 cm³/mol. The lowest BCUT2D eigenvalue weighted by Gasteiger charge is -2.35. The van der Waals surface area contributed by atoms with E-state index in [1.807, 2.05) is 7.05 Å². The van der Waals surface area contributed by atoms with Gasteiger partial charge in [-0.2, -0.15) is 0 Å². The van der Waals surface area contributed by atoms with E-state index in [0.717, 1.165) is 12.8 Å². The van der Waals surface area contributed by atoms with E-state index in [1.165, 1.54) is 12.8 Å². The molecular weight excluding hydrogens is 272 g/mol. The fourth-order valence-electron chi connectivity index (χ4n) is 3.22. The van der Waals surface area contributed by atoms with Crippen molar-refractivity contribution in [2.75, 3.05) is 33.9 Å². The van der Waals surface area contributed by atoms with Gasteiger partial charge in [0.2, 0.25) is 5.91 Å². The molecule has 2 saturated heterocycles. The zero-order valence-corrected chi connectivity index (χ0v) is 12.9. The molecule has 21 heavy (non-hydrogen) atoms. The maximum absolute atomic E-state index is 11.9. The molecule has 2 rings (SSSR count). The Morgan fingerprint density at radius 3 is 2.57 bits per heavy atom. The molecule has 0 aromatic rings. The first-order chi connectivity index (χ1) is 10.1. The van der Waals surface area contributed by atoms with Crippen LogP contribution in [0.3, 0.4) is 0 Å². The number of imide groups is 1. The van der Waals surface area contributed by atoms with E-state index in [-0.39, 0.29) is 12.5 Å². The van der Waals surface area contributed by atoms with Crippen LogP contribution in [0.5, 0.6) is 0 Å². The number of carbonyl (C=O) groups excluding carboxylic acids is 2. The molecule has 2 aliphatic rings. The molecule has 7 nitrogen and oxygen atoms in total. The van der Waals surface area contributed by atoms with Crippen LogP contribution in [0.15, 0.2) is 0 Å². The number of ether oxygens (including phenoxy) is 1. The molecule has 0 aliphatic carbocycles. The number of fused-ring (bicyclic) bond motifs is 2. The molecule has 7 heteroatoms. The highest BCUT2D eigenvalue weighted by atomic mass is 16.5. The molecule has 0 radical (unpaired) electrons. The lowest BCUT2D eigenvalue weighted by atomic mass is 9.98. The summed E-state index contributed by atoms with van der Waals surface area (Å²) in [6, 6.07) is 1.15. The van der Waals surface area contributed by atoms with Crippen LogP contribution in [0, 0.1) is 0 Å². The van der Waals surface area contributed by atoms with Crippen LogP contribution in [0.2, 0.25) is 0 Å². The Kier molecular flexibility index (Phi) is 5.96. The summed E-state index contributed by atoms with van der Waals surface area (Å²) in [5, 5.41) is 8.50. The summed E-state index contributed by atoms with van der Waals surface area (Å²) >= 11 is 0. The van der Waals surface area contributed by atoms with E-state index in [2.05, 4.69) is 20.9 Å². The van der Waals surface area contributed by atoms with Crippen molar-refractivity contribution >= 4 is 11.9 Å². The molecule has 2 heterocycles. The first-order valence-corrected chi connectivity index (χ1v) is 7.61. The third kappa shape index (κ3) is 4.94. The maximum Gasteiger partial charge on any atom is 0.321 e. The molecule has 2 unspecified atom stereocenters. The summed E-state index contributed by atoms with van der Waals surface area (Å²) in [7, 11) is 3.52. The lowest BCUT2D eigenvalue weighted by Crippen LogP contribution is -2.50. The number of hydrogen-bond donors (Lipinski definition) is 3. The number of piperidine rings is 1. The highest BCUT2D eigenvalue weighted by Gasteiger charge is 2.35. The second-order valence-corrected chi connectivity index (χ2v) is 5.98. The second kappa shape index (κ2) is 7.72. The number of nitrogens with zero attached hydrogens (tertiary/aromatic N) is 1. The third-order valence-electron chi connectivity index (χ3n) is 4.31. The van der Waals surface area contributed by atoms with Crippen molar-refractivity contribution in [1.29, 1.82) is 0 Å². The second-order valence-electron chi connectivity index (χ2n) is 5.98. The number of rotatable bonds is 6. The van der Waals surface area contributed by atoms with Crippen molar-refractivity contribution in [1.82, 2.24) is 20.9 Å². The molecule has 2 bridgehead atoms. The summed E-state index contributed by atoms with van der Waals surface area (Å²) in [6.07, 6.45) is 4.65. The van der Waals surface area contributed by atoms with Gasteiger partial charge in [-0.3, -0.25) is 15.0 Å². The number of methoxy groups -OCH3 is 1. The number of amides is 3. The highest BCUT2D eigenvalue weighted by molar-refractivity contribution is 5.95. The molecule has 0 saturated carbocycles. The van der Waals surface area contributed by atoms with E-state index in [4.69, 9.17) is 4.74 Å². The fraction of sp³-hybridized carbons (Fsp3) is 0.857. The van der Waals surface area contributed by atoms with Gasteiger partial charge >= 0.3 is 6.03 Å². The van der Waals surface area contributed by atoms with Crippen molar-refractivity contribution in [3.05, 3.63) is 0 Å². The van der Waals surface area contributed by atoms with Crippen LogP contribution in [0.25, 0.3) is 0 Å². The summed E-state index contributed by atoms with van der Waals surface area (Å²) in [4.78, 5) is 25.4.